The van der Waals surface area contributed by atoms with E-state index in [4.69, 9.17) is 18.9 Å². The number of hydrogen-bond acceptors (Lipinski definition) is 8. The molecule has 2 unspecified atom stereocenters. The van der Waals surface area contributed by atoms with E-state index in [9.17, 15) is 19.2 Å². The van der Waals surface area contributed by atoms with E-state index < -0.39 is 0 Å². The lowest BCUT2D eigenvalue weighted by molar-refractivity contribution is -0.151. The van der Waals surface area contributed by atoms with Gasteiger partial charge in [-0.05, 0) is 89.9 Å². The van der Waals surface area contributed by atoms with Gasteiger partial charge in [0.1, 0.15) is 12.2 Å². The Kier molecular flexibility index (Phi) is 57.4. The van der Waals surface area contributed by atoms with Crippen LogP contribution in [0.4, 0.5) is 0 Å². The lowest BCUT2D eigenvalue weighted by Gasteiger charge is -2.18. The van der Waals surface area contributed by atoms with E-state index in [1.807, 2.05) is 0 Å². The Hall–Kier alpha value is -2.12. The van der Waals surface area contributed by atoms with Gasteiger partial charge in [-0.1, -0.05) is 252 Å². The highest BCUT2D eigenvalue weighted by Gasteiger charge is 2.16. The number of ether oxygens (including phenoxy) is 4. The van der Waals surface area contributed by atoms with Crippen LogP contribution in [0.3, 0.4) is 0 Å². The first kappa shape index (κ1) is 70.9. The van der Waals surface area contributed by atoms with Crippen molar-refractivity contribution in [2.75, 3.05) is 13.2 Å². The Morgan fingerprint density at radius 1 is 0.233 bits per heavy atom. The molecule has 0 saturated heterocycles. The smallest absolute Gasteiger partial charge is 0.306 e. The minimum atomic E-state index is -0.0688. The summed E-state index contributed by atoms with van der Waals surface area (Å²) in [5.41, 5.74) is 0. The van der Waals surface area contributed by atoms with Crippen molar-refractivity contribution in [3.05, 3.63) is 0 Å². The number of unbranched alkanes of at least 4 members (excludes halogenated alkanes) is 38. The van der Waals surface area contributed by atoms with Gasteiger partial charge in [-0.25, -0.2) is 0 Å². The molecule has 8 heteroatoms. The molecule has 0 radical (unpaired) electrons. The van der Waals surface area contributed by atoms with Crippen LogP contribution in [0, 0.1) is 0 Å². The maximum absolute atomic E-state index is 12.7. The van der Waals surface area contributed by atoms with Crippen molar-refractivity contribution in [1.82, 2.24) is 0 Å². The summed E-state index contributed by atoms with van der Waals surface area (Å²) in [6.07, 6.45) is 58.9. The third-order valence-corrected chi connectivity index (χ3v) is 15.0. The van der Waals surface area contributed by atoms with Crippen LogP contribution in [-0.2, 0) is 38.1 Å². The van der Waals surface area contributed by atoms with Gasteiger partial charge in [0.25, 0.3) is 0 Å². The third kappa shape index (κ3) is 55.9. The van der Waals surface area contributed by atoms with Gasteiger partial charge in [-0.3, -0.25) is 19.2 Å². The molecular weight excluding hydrogens is 909 g/mol. The van der Waals surface area contributed by atoms with Crippen molar-refractivity contribution < 1.29 is 38.1 Å². The summed E-state index contributed by atoms with van der Waals surface area (Å²) in [5, 5.41) is 0. The average Bonchev–Trinajstić information content (AvgIpc) is 3.38. The Labute approximate surface area is 453 Å². The van der Waals surface area contributed by atoms with Gasteiger partial charge in [0.15, 0.2) is 0 Å². The van der Waals surface area contributed by atoms with Crippen LogP contribution in [0.1, 0.15) is 368 Å². The summed E-state index contributed by atoms with van der Waals surface area (Å²) in [4.78, 5) is 49.9. The van der Waals surface area contributed by atoms with Gasteiger partial charge < -0.3 is 18.9 Å². The molecule has 0 aliphatic carbocycles. The molecule has 0 bridgehead atoms. The molecule has 0 N–H and O–H groups in total. The standard InChI is InChI=1S/C65H124O8/c1-5-9-13-17-22-31-41-51-61(73-65(69)57-47-36-24-19-15-11-7-3)53-43-33-29-37-45-55-63(67)71-59-49-39-28-21-27-38-48-58-70-62(66)54-44-34-26-25-32-42-52-60(50-40-30-20-16-12-8-4)72-64(68)56-46-35-23-18-14-10-6-2/h60-61H,5-59H2,1-4H3. The average molecular weight is 1030 g/mol. The zero-order valence-electron chi connectivity index (χ0n) is 49.3. The maximum Gasteiger partial charge on any atom is 0.306 e. The number of rotatable bonds is 60. The molecule has 0 aromatic heterocycles. The van der Waals surface area contributed by atoms with E-state index in [-0.39, 0.29) is 36.1 Å². The first-order valence-electron chi connectivity index (χ1n) is 32.6. The highest BCUT2D eigenvalue weighted by atomic mass is 16.6. The van der Waals surface area contributed by atoms with Crippen molar-refractivity contribution in [3.63, 3.8) is 0 Å². The molecule has 0 fully saturated rings. The highest BCUT2D eigenvalue weighted by Crippen LogP contribution is 2.21. The molecule has 0 rings (SSSR count). The van der Waals surface area contributed by atoms with Crippen molar-refractivity contribution in [3.8, 4) is 0 Å². The van der Waals surface area contributed by atoms with Crippen LogP contribution in [-0.4, -0.2) is 49.3 Å². The number of hydrogen-bond donors (Lipinski definition) is 0. The quantitative estimate of drug-likeness (QED) is 0.0337. The summed E-state index contributed by atoms with van der Waals surface area (Å²) >= 11 is 0. The minimum Gasteiger partial charge on any atom is -0.466 e. The van der Waals surface area contributed by atoms with E-state index in [1.54, 1.807) is 0 Å². The monoisotopic (exact) mass is 1030 g/mol. The summed E-state index contributed by atoms with van der Waals surface area (Å²) in [6, 6.07) is 0. The Morgan fingerprint density at radius 2 is 0.425 bits per heavy atom. The molecule has 0 aromatic carbocycles. The number of esters is 4. The van der Waals surface area contributed by atoms with Crippen molar-refractivity contribution in [1.29, 1.82) is 0 Å². The van der Waals surface area contributed by atoms with Crippen LogP contribution in [0.5, 0.6) is 0 Å². The minimum absolute atomic E-state index is 0.000891. The van der Waals surface area contributed by atoms with Crippen molar-refractivity contribution in [2.24, 2.45) is 0 Å². The van der Waals surface area contributed by atoms with E-state index in [0.29, 0.717) is 38.9 Å². The first-order chi connectivity index (χ1) is 35.9. The predicted molar refractivity (Wildman–Crippen MR) is 309 cm³/mol. The second-order valence-electron chi connectivity index (χ2n) is 22.3. The third-order valence-electron chi connectivity index (χ3n) is 15.0. The molecule has 73 heavy (non-hydrogen) atoms. The van der Waals surface area contributed by atoms with E-state index in [1.165, 1.54) is 141 Å². The maximum atomic E-state index is 12.7. The first-order valence-corrected chi connectivity index (χ1v) is 32.6. The van der Waals surface area contributed by atoms with Crippen LogP contribution in [0.2, 0.25) is 0 Å². The molecular formula is C65H124O8. The lowest BCUT2D eigenvalue weighted by atomic mass is 10.0. The Morgan fingerprint density at radius 3 is 0.671 bits per heavy atom. The summed E-state index contributed by atoms with van der Waals surface area (Å²) < 4.78 is 23.1. The molecule has 8 nitrogen and oxygen atoms in total. The largest absolute Gasteiger partial charge is 0.466 e. The molecule has 0 heterocycles. The fraction of sp³-hybridized carbons (Fsp3) is 0.938. The van der Waals surface area contributed by atoms with Crippen molar-refractivity contribution >= 4 is 23.9 Å². The van der Waals surface area contributed by atoms with E-state index in [2.05, 4.69) is 27.7 Å². The lowest BCUT2D eigenvalue weighted by Crippen LogP contribution is -2.18. The zero-order chi connectivity index (χ0) is 53.2. The number of carbonyl (C=O) groups excluding carboxylic acids is 4. The second-order valence-corrected chi connectivity index (χ2v) is 22.3. The second kappa shape index (κ2) is 59.1. The zero-order valence-corrected chi connectivity index (χ0v) is 49.3. The van der Waals surface area contributed by atoms with Gasteiger partial charge in [-0.2, -0.15) is 0 Å². The molecule has 0 saturated carbocycles. The predicted octanol–water partition coefficient (Wildman–Crippen LogP) is 20.7. The molecule has 0 aliphatic rings. The highest BCUT2D eigenvalue weighted by molar-refractivity contribution is 5.70. The molecule has 0 aromatic rings. The molecule has 0 amide bonds. The molecule has 432 valence electrons. The van der Waals surface area contributed by atoms with Gasteiger partial charge in [0.2, 0.25) is 0 Å². The van der Waals surface area contributed by atoms with Crippen LogP contribution < -0.4 is 0 Å². The van der Waals surface area contributed by atoms with Gasteiger partial charge in [0.05, 0.1) is 13.2 Å². The van der Waals surface area contributed by atoms with Gasteiger partial charge in [-0.15, -0.1) is 0 Å². The normalized spacial score (nSPS) is 12.2. The number of carbonyl (C=O) groups is 4. The van der Waals surface area contributed by atoms with Crippen LogP contribution in [0.15, 0.2) is 0 Å². The SMILES string of the molecule is CCCCCCCCCC(=O)OC(CCCCCCCC)CCCCCCCCC(=O)OCCCCCCCCCOC(=O)CCCCCCCC(CCCCCCCCC)OC(=O)CCCCCCCCC. The molecule has 2 atom stereocenters. The Balaban J connectivity index is 3.91. The summed E-state index contributed by atoms with van der Waals surface area (Å²) in [7, 11) is 0. The fourth-order valence-electron chi connectivity index (χ4n) is 10.1. The van der Waals surface area contributed by atoms with Crippen LogP contribution >= 0.6 is 0 Å². The van der Waals surface area contributed by atoms with Crippen molar-refractivity contribution in [2.45, 2.75) is 380 Å². The van der Waals surface area contributed by atoms with Crippen LogP contribution in [0.25, 0.3) is 0 Å². The topological polar surface area (TPSA) is 105 Å². The summed E-state index contributed by atoms with van der Waals surface area (Å²) in [6.45, 7) is 10.0. The summed E-state index contributed by atoms with van der Waals surface area (Å²) in [5.74, 6) is -0.122. The van der Waals surface area contributed by atoms with Gasteiger partial charge in [0, 0.05) is 25.7 Å². The molecule has 0 spiro atoms. The van der Waals surface area contributed by atoms with Gasteiger partial charge >= 0.3 is 23.9 Å². The molecule has 0 aliphatic heterocycles. The fourth-order valence-corrected chi connectivity index (χ4v) is 10.1. The van der Waals surface area contributed by atoms with E-state index in [0.717, 1.165) is 173 Å². The van der Waals surface area contributed by atoms with E-state index >= 15 is 0 Å². The Bertz CT molecular complexity index is 1170.